The number of benzene rings is 1. The van der Waals surface area contributed by atoms with Crippen molar-refractivity contribution in [2.75, 3.05) is 0 Å². The van der Waals surface area contributed by atoms with E-state index >= 15 is 0 Å². The zero-order valence-electron chi connectivity index (χ0n) is 16.5. The maximum Gasteiger partial charge on any atom is 0.341 e. The summed E-state index contributed by atoms with van der Waals surface area (Å²) in [6.07, 6.45) is 4.92. The number of hydrogen-bond donors (Lipinski definition) is 1. The molecule has 2 heterocycles. The molecule has 0 saturated heterocycles. The summed E-state index contributed by atoms with van der Waals surface area (Å²) in [5.41, 5.74) is 1.04. The Morgan fingerprint density at radius 3 is 2.58 bits per heavy atom. The Morgan fingerprint density at radius 2 is 1.90 bits per heavy atom. The molecule has 1 aromatic carbocycles. The molecule has 3 aromatic rings. The predicted molar refractivity (Wildman–Crippen MR) is 111 cm³/mol. The first-order chi connectivity index (χ1) is 14.9. The van der Waals surface area contributed by atoms with Gasteiger partial charge in [-0.2, -0.15) is 0 Å². The molecule has 5 rings (SSSR count). The van der Waals surface area contributed by atoms with Crippen LogP contribution in [-0.4, -0.2) is 26.3 Å². The van der Waals surface area contributed by atoms with Crippen molar-refractivity contribution in [2.24, 2.45) is 4.99 Å². The average molecular weight is 423 g/mol. The molecule has 2 saturated carbocycles. The maximum absolute atomic E-state index is 15.0. The minimum absolute atomic E-state index is 0.00810. The molecular formula is C23H19F2N3O3. The Kier molecular flexibility index (Phi) is 4.64. The van der Waals surface area contributed by atoms with Crippen molar-refractivity contribution in [3.63, 3.8) is 0 Å². The number of aromatic nitrogens is 2. The highest BCUT2D eigenvalue weighted by Crippen LogP contribution is 2.38. The van der Waals surface area contributed by atoms with E-state index in [1.807, 2.05) is 0 Å². The van der Waals surface area contributed by atoms with E-state index in [1.165, 1.54) is 18.3 Å². The summed E-state index contributed by atoms with van der Waals surface area (Å²) in [5.74, 6) is -2.46. The molecule has 158 valence electrons. The van der Waals surface area contributed by atoms with Crippen LogP contribution < -0.4 is 5.43 Å². The third kappa shape index (κ3) is 3.62. The zero-order chi connectivity index (χ0) is 21.7. The molecule has 0 radical (unpaired) electrons. The molecule has 2 aliphatic rings. The van der Waals surface area contributed by atoms with Gasteiger partial charge in [-0.25, -0.2) is 18.6 Å². The van der Waals surface area contributed by atoms with Gasteiger partial charge in [0.1, 0.15) is 22.8 Å². The number of aliphatic imine (C=N–C) groups is 1. The average Bonchev–Trinajstić information content (AvgIpc) is 3.48. The maximum atomic E-state index is 15.0. The highest BCUT2D eigenvalue weighted by molar-refractivity contribution is 5.92. The predicted octanol–water partition coefficient (Wildman–Crippen LogP) is 4.75. The minimum atomic E-state index is -1.33. The van der Waals surface area contributed by atoms with Gasteiger partial charge in [-0.3, -0.25) is 9.79 Å². The van der Waals surface area contributed by atoms with E-state index in [2.05, 4.69) is 9.98 Å². The Balaban J connectivity index is 1.53. The van der Waals surface area contributed by atoms with Crippen LogP contribution in [0, 0.1) is 11.6 Å². The third-order valence-electron chi connectivity index (χ3n) is 5.92. The first kappa shape index (κ1) is 19.5. The molecule has 8 heteroatoms. The van der Waals surface area contributed by atoms with Gasteiger partial charge in [0.25, 0.3) is 0 Å². The highest BCUT2D eigenvalue weighted by Gasteiger charge is 2.31. The number of carboxylic acids is 1. The lowest BCUT2D eigenvalue weighted by atomic mass is 10.0. The van der Waals surface area contributed by atoms with Gasteiger partial charge in [0.15, 0.2) is 0 Å². The number of hydrogen-bond acceptors (Lipinski definition) is 4. The molecule has 1 unspecified atom stereocenters. The molecule has 1 atom stereocenters. The highest BCUT2D eigenvalue weighted by atomic mass is 19.1. The van der Waals surface area contributed by atoms with E-state index in [9.17, 15) is 23.5 Å². The molecule has 2 fully saturated rings. The molecule has 31 heavy (non-hydrogen) atoms. The first-order valence-electron chi connectivity index (χ1n) is 10.2. The molecule has 0 amide bonds. The smallest absolute Gasteiger partial charge is 0.341 e. The fourth-order valence-corrected chi connectivity index (χ4v) is 4.19. The lowest BCUT2D eigenvalue weighted by molar-refractivity contribution is 0.0695. The van der Waals surface area contributed by atoms with E-state index in [0.717, 1.165) is 24.6 Å². The monoisotopic (exact) mass is 423 g/mol. The van der Waals surface area contributed by atoms with Crippen LogP contribution in [0.5, 0.6) is 0 Å². The van der Waals surface area contributed by atoms with Crippen molar-refractivity contribution >= 4 is 28.4 Å². The molecule has 0 spiro atoms. The number of carbonyl (C=O) groups is 1. The number of aromatic carboxylic acids is 1. The molecule has 2 aliphatic carbocycles. The second-order valence-corrected chi connectivity index (χ2v) is 8.14. The largest absolute Gasteiger partial charge is 0.477 e. The van der Waals surface area contributed by atoms with Crippen LogP contribution in [0.3, 0.4) is 0 Å². The van der Waals surface area contributed by atoms with Crippen LogP contribution in [0.25, 0.3) is 11.0 Å². The normalized spacial score (nSPS) is 19.9. The van der Waals surface area contributed by atoms with E-state index < -0.39 is 17.2 Å². The summed E-state index contributed by atoms with van der Waals surface area (Å²) in [6.45, 7) is 0. The van der Waals surface area contributed by atoms with E-state index in [4.69, 9.17) is 0 Å². The van der Waals surface area contributed by atoms with Gasteiger partial charge >= 0.3 is 5.97 Å². The summed E-state index contributed by atoms with van der Waals surface area (Å²) in [4.78, 5) is 33.1. The van der Waals surface area contributed by atoms with Crippen molar-refractivity contribution < 1.29 is 18.7 Å². The summed E-state index contributed by atoms with van der Waals surface area (Å²) < 4.78 is 29.8. The zero-order valence-corrected chi connectivity index (χ0v) is 16.5. The van der Waals surface area contributed by atoms with E-state index in [0.29, 0.717) is 30.6 Å². The molecule has 0 bridgehead atoms. The number of carboxylic acid groups (broad SMARTS) is 1. The van der Waals surface area contributed by atoms with Crippen molar-refractivity contribution in [2.45, 2.75) is 44.1 Å². The van der Waals surface area contributed by atoms with E-state index in [-0.39, 0.29) is 34.4 Å². The van der Waals surface area contributed by atoms with Crippen molar-refractivity contribution in [3.05, 3.63) is 69.6 Å². The standard InChI is InChI=1S/C23H19F2N3O3/c24-13-2-5-14(6-3-13)26-15-4-1-12(9-15)20-19(25)10-17-21(29)18(23(30)31)11-28(16-7-8-16)22(17)27-20/h2-3,5-6,10-12,16H,1,4,7-9H2,(H,30,31). The number of nitrogens with zero attached hydrogens (tertiary/aromatic N) is 3. The van der Waals surface area contributed by atoms with Gasteiger partial charge < -0.3 is 9.67 Å². The van der Waals surface area contributed by atoms with Crippen LogP contribution >= 0.6 is 0 Å². The summed E-state index contributed by atoms with van der Waals surface area (Å²) in [5, 5.41) is 9.34. The fraction of sp³-hybridized carbons (Fsp3) is 0.304. The van der Waals surface area contributed by atoms with Crippen molar-refractivity contribution in [1.29, 1.82) is 0 Å². The fourth-order valence-electron chi connectivity index (χ4n) is 4.19. The molecule has 2 aromatic heterocycles. The summed E-state index contributed by atoms with van der Waals surface area (Å²) in [7, 11) is 0. The summed E-state index contributed by atoms with van der Waals surface area (Å²) >= 11 is 0. The Labute approximate surface area is 175 Å². The van der Waals surface area contributed by atoms with Crippen molar-refractivity contribution in [3.8, 4) is 0 Å². The number of fused-ring (bicyclic) bond motifs is 1. The molecule has 0 aliphatic heterocycles. The molecule has 6 nitrogen and oxygen atoms in total. The van der Waals surface area contributed by atoms with Gasteiger partial charge in [-0.1, -0.05) is 0 Å². The molecule has 1 N–H and O–H groups in total. The van der Waals surface area contributed by atoms with Crippen LogP contribution in [0.4, 0.5) is 14.5 Å². The van der Waals surface area contributed by atoms with Crippen LogP contribution in [0.1, 0.15) is 60.1 Å². The Morgan fingerprint density at radius 1 is 1.16 bits per heavy atom. The number of pyridine rings is 2. The molecular weight excluding hydrogens is 404 g/mol. The van der Waals surface area contributed by atoms with Gasteiger partial charge in [0.2, 0.25) is 5.43 Å². The lowest BCUT2D eigenvalue weighted by Crippen LogP contribution is -2.20. The summed E-state index contributed by atoms with van der Waals surface area (Å²) in [6, 6.07) is 7.09. The topological polar surface area (TPSA) is 84.5 Å². The third-order valence-corrected chi connectivity index (χ3v) is 5.92. The van der Waals surface area contributed by atoms with Crippen LogP contribution in [0.2, 0.25) is 0 Å². The quantitative estimate of drug-likeness (QED) is 0.656. The van der Waals surface area contributed by atoms with Gasteiger partial charge in [-0.15, -0.1) is 0 Å². The van der Waals surface area contributed by atoms with Crippen molar-refractivity contribution in [1.82, 2.24) is 9.55 Å². The van der Waals surface area contributed by atoms with E-state index in [1.54, 1.807) is 16.7 Å². The Hall–Kier alpha value is -3.42. The number of rotatable bonds is 4. The van der Waals surface area contributed by atoms with Crippen LogP contribution in [-0.2, 0) is 0 Å². The lowest BCUT2D eigenvalue weighted by Gasteiger charge is -2.15. The van der Waals surface area contributed by atoms with Gasteiger partial charge in [0.05, 0.1) is 16.8 Å². The minimum Gasteiger partial charge on any atom is -0.477 e. The van der Waals surface area contributed by atoms with Gasteiger partial charge in [0, 0.05) is 23.9 Å². The van der Waals surface area contributed by atoms with Gasteiger partial charge in [-0.05, 0) is 62.4 Å². The van der Waals surface area contributed by atoms with Crippen LogP contribution in [0.15, 0.2) is 46.3 Å². The second-order valence-electron chi connectivity index (χ2n) is 8.14. The Bertz CT molecular complexity index is 1290. The first-order valence-corrected chi connectivity index (χ1v) is 10.2. The number of halogens is 2. The SMILES string of the molecule is O=C(O)c1cn(C2CC2)c2nc(C3CCC(=Nc4ccc(F)cc4)C3)c(F)cc2c1=O. The second kappa shape index (κ2) is 7.37.